The maximum Gasteiger partial charge on any atom is 0.119 e. The summed E-state index contributed by atoms with van der Waals surface area (Å²) in [6.07, 6.45) is 0.197. The zero-order chi connectivity index (χ0) is 15.9. The Kier molecular flexibility index (Phi) is 5.99. The van der Waals surface area contributed by atoms with Gasteiger partial charge in [-0.05, 0) is 49.6 Å². The third-order valence-corrected chi connectivity index (χ3v) is 3.57. The van der Waals surface area contributed by atoms with Crippen LogP contribution in [0.5, 0.6) is 5.75 Å². The van der Waals surface area contributed by atoms with Crippen molar-refractivity contribution in [2.45, 2.75) is 46.1 Å². The second kappa shape index (κ2) is 7.97. The van der Waals surface area contributed by atoms with Crippen molar-refractivity contribution in [1.82, 2.24) is 5.32 Å². The Labute approximate surface area is 133 Å². The fraction of sp³-hybridized carbons (Fsp3) is 0.368. The van der Waals surface area contributed by atoms with Gasteiger partial charge >= 0.3 is 0 Å². The van der Waals surface area contributed by atoms with Crippen molar-refractivity contribution in [2.75, 3.05) is 0 Å². The van der Waals surface area contributed by atoms with Crippen molar-refractivity contribution < 1.29 is 9.84 Å². The summed E-state index contributed by atoms with van der Waals surface area (Å²) >= 11 is 0. The van der Waals surface area contributed by atoms with E-state index in [1.54, 1.807) is 0 Å². The zero-order valence-electron chi connectivity index (χ0n) is 13.5. The largest absolute Gasteiger partial charge is 0.491 e. The van der Waals surface area contributed by atoms with Crippen LogP contribution in [0.2, 0.25) is 0 Å². The molecule has 2 aromatic carbocycles. The van der Waals surface area contributed by atoms with Gasteiger partial charge < -0.3 is 15.2 Å². The van der Waals surface area contributed by atoms with Crippen molar-refractivity contribution in [3.8, 4) is 5.75 Å². The second-order valence-electron chi connectivity index (χ2n) is 5.81. The van der Waals surface area contributed by atoms with E-state index in [4.69, 9.17) is 9.84 Å². The summed E-state index contributed by atoms with van der Waals surface area (Å²) < 4.78 is 5.66. The highest BCUT2D eigenvalue weighted by atomic mass is 16.5. The number of hydrogen-bond acceptors (Lipinski definition) is 3. The third kappa shape index (κ3) is 4.86. The summed E-state index contributed by atoms with van der Waals surface area (Å²) in [4.78, 5) is 0. The number of aliphatic hydroxyl groups is 1. The van der Waals surface area contributed by atoms with Gasteiger partial charge in [-0.2, -0.15) is 0 Å². The minimum Gasteiger partial charge on any atom is -0.491 e. The van der Waals surface area contributed by atoms with Crippen LogP contribution >= 0.6 is 0 Å². The van der Waals surface area contributed by atoms with Gasteiger partial charge in [-0.25, -0.2) is 0 Å². The molecule has 0 aliphatic rings. The topological polar surface area (TPSA) is 41.5 Å². The molecule has 22 heavy (non-hydrogen) atoms. The first kappa shape index (κ1) is 16.5. The number of ether oxygens (including phenoxy) is 1. The number of hydrogen-bond donors (Lipinski definition) is 2. The smallest absolute Gasteiger partial charge is 0.119 e. The number of aliphatic hydroxyl groups excluding tert-OH is 1. The normalized spacial score (nSPS) is 12.4. The lowest BCUT2D eigenvalue weighted by molar-refractivity contribution is 0.242. The first-order chi connectivity index (χ1) is 10.6. The second-order valence-corrected chi connectivity index (χ2v) is 5.81. The molecule has 2 N–H and O–H groups in total. The molecule has 0 spiro atoms. The summed E-state index contributed by atoms with van der Waals surface area (Å²) in [5.41, 5.74) is 3.39. The van der Waals surface area contributed by atoms with E-state index in [2.05, 4.69) is 24.4 Å². The van der Waals surface area contributed by atoms with Gasteiger partial charge in [0.15, 0.2) is 0 Å². The van der Waals surface area contributed by atoms with Crippen LogP contribution in [0.4, 0.5) is 0 Å². The van der Waals surface area contributed by atoms with E-state index in [0.717, 1.165) is 17.9 Å². The molecule has 0 aromatic heterocycles. The Bertz CT molecular complexity index is 561. The molecule has 2 aromatic rings. The van der Waals surface area contributed by atoms with E-state index in [1.165, 1.54) is 11.1 Å². The highest BCUT2D eigenvalue weighted by Gasteiger charge is 2.06. The molecule has 118 valence electrons. The minimum atomic E-state index is 0.0922. The van der Waals surface area contributed by atoms with Gasteiger partial charge in [0.05, 0.1) is 12.7 Å². The molecule has 0 heterocycles. The summed E-state index contributed by atoms with van der Waals surface area (Å²) in [7, 11) is 0. The zero-order valence-corrected chi connectivity index (χ0v) is 13.5. The van der Waals surface area contributed by atoms with E-state index in [-0.39, 0.29) is 18.8 Å². The molecule has 0 bridgehead atoms. The van der Waals surface area contributed by atoms with E-state index < -0.39 is 0 Å². The first-order valence-electron chi connectivity index (χ1n) is 7.77. The summed E-state index contributed by atoms with van der Waals surface area (Å²) in [6, 6.07) is 16.5. The maximum atomic E-state index is 9.05. The first-order valence-corrected chi connectivity index (χ1v) is 7.77. The Morgan fingerprint density at radius 2 is 1.50 bits per heavy atom. The van der Waals surface area contributed by atoms with Gasteiger partial charge in [0.2, 0.25) is 0 Å². The van der Waals surface area contributed by atoms with Gasteiger partial charge in [0, 0.05) is 12.6 Å². The standard InChI is InChI=1S/C19H25NO2/c1-14(2)22-19-10-8-18(9-11-19)15(3)20-12-16-4-6-17(13-21)7-5-16/h4-11,14-15,20-21H,12-13H2,1-3H3. The Morgan fingerprint density at radius 1 is 0.909 bits per heavy atom. The predicted molar refractivity (Wildman–Crippen MR) is 89.8 cm³/mol. The molecule has 1 unspecified atom stereocenters. The quantitative estimate of drug-likeness (QED) is 0.816. The lowest BCUT2D eigenvalue weighted by atomic mass is 10.1. The van der Waals surface area contributed by atoms with Gasteiger partial charge in [0.25, 0.3) is 0 Å². The Balaban J connectivity index is 1.89. The molecule has 0 aliphatic carbocycles. The van der Waals surface area contributed by atoms with Crippen LogP contribution in [0.25, 0.3) is 0 Å². The number of benzene rings is 2. The fourth-order valence-corrected chi connectivity index (χ4v) is 2.26. The molecule has 0 fully saturated rings. The van der Waals surface area contributed by atoms with Crippen molar-refractivity contribution in [1.29, 1.82) is 0 Å². The average Bonchev–Trinajstić information content (AvgIpc) is 2.53. The summed E-state index contributed by atoms with van der Waals surface area (Å²) in [5, 5.41) is 12.6. The molecule has 1 atom stereocenters. The van der Waals surface area contributed by atoms with Crippen LogP contribution in [-0.2, 0) is 13.2 Å². The molecular weight excluding hydrogens is 274 g/mol. The molecule has 3 nitrogen and oxygen atoms in total. The molecule has 0 radical (unpaired) electrons. The predicted octanol–water partition coefficient (Wildman–Crippen LogP) is 3.82. The number of nitrogens with one attached hydrogen (secondary N) is 1. The number of rotatable bonds is 7. The molecule has 3 heteroatoms. The van der Waals surface area contributed by atoms with Crippen LogP contribution in [-0.4, -0.2) is 11.2 Å². The lowest BCUT2D eigenvalue weighted by Gasteiger charge is -2.16. The van der Waals surface area contributed by atoms with Crippen LogP contribution in [0.3, 0.4) is 0 Å². The molecule has 0 aliphatic heterocycles. The van der Waals surface area contributed by atoms with Gasteiger partial charge in [-0.15, -0.1) is 0 Å². The molecule has 0 saturated carbocycles. The van der Waals surface area contributed by atoms with Crippen molar-refractivity contribution in [2.24, 2.45) is 0 Å². The van der Waals surface area contributed by atoms with Crippen LogP contribution in [0, 0.1) is 0 Å². The van der Waals surface area contributed by atoms with E-state index in [9.17, 15) is 0 Å². The molecule has 2 rings (SSSR count). The average molecular weight is 299 g/mol. The highest BCUT2D eigenvalue weighted by molar-refractivity contribution is 5.29. The van der Waals surface area contributed by atoms with Crippen molar-refractivity contribution in [3.05, 3.63) is 65.2 Å². The monoisotopic (exact) mass is 299 g/mol. The molecule has 0 amide bonds. The summed E-state index contributed by atoms with van der Waals surface area (Å²) in [6.45, 7) is 7.10. The van der Waals surface area contributed by atoms with Gasteiger partial charge in [-0.3, -0.25) is 0 Å². The molecule has 0 saturated heterocycles. The van der Waals surface area contributed by atoms with Gasteiger partial charge in [-0.1, -0.05) is 36.4 Å². The van der Waals surface area contributed by atoms with Crippen LogP contribution in [0.1, 0.15) is 43.5 Å². The van der Waals surface area contributed by atoms with Crippen LogP contribution < -0.4 is 10.1 Å². The SMILES string of the molecule is CC(C)Oc1ccc(C(C)NCc2ccc(CO)cc2)cc1. The van der Waals surface area contributed by atoms with E-state index >= 15 is 0 Å². The van der Waals surface area contributed by atoms with E-state index in [1.807, 2.05) is 50.2 Å². The highest BCUT2D eigenvalue weighted by Crippen LogP contribution is 2.19. The lowest BCUT2D eigenvalue weighted by Crippen LogP contribution is -2.18. The molecular formula is C19H25NO2. The van der Waals surface area contributed by atoms with E-state index in [0.29, 0.717) is 0 Å². The summed E-state index contributed by atoms with van der Waals surface area (Å²) in [5.74, 6) is 0.908. The Morgan fingerprint density at radius 3 is 2.05 bits per heavy atom. The Hall–Kier alpha value is -1.84. The van der Waals surface area contributed by atoms with Crippen molar-refractivity contribution in [3.63, 3.8) is 0 Å². The van der Waals surface area contributed by atoms with Gasteiger partial charge in [0.1, 0.15) is 5.75 Å². The van der Waals surface area contributed by atoms with Crippen molar-refractivity contribution >= 4 is 0 Å². The minimum absolute atomic E-state index is 0.0922. The fourth-order valence-electron chi connectivity index (χ4n) is 2.26. The third-order valence-electron chi connectivity index (χ3n) is 3.57. The maximum absolute atomic E-state index is 9.05. The van der Waals surface area contributed by atoms with Crippen LogP contribution in [0.15, 0.2) is 48.5 Å².